The largest absolute Gasteiger partial charge is 0.480 e. The van der Waals surface area contributed by atoms with Crippen LogP contribution in [0.2, 0.25) is 0 Å². The number of carbonyl (C=O) groups is 2. The standard InChI is InChI=1S/C12H22N2O5S/c1-12(2,3)10(13)11(17)14(6-9(15)16)8-4-5-20(18,19)7-8/h8,10H,4-7,13H2,1-3H3,(H,15,16). The SMILES string of the molecule is CC(C)(C)C(N)C(=O)N(CC(=O)O)C1CCS(=O)(=O)C1. The van der Waals surface area contributed by atoms with Crippen molar-refractivity contribution in [1.29, 1.82) is 0 Å². The second-order valence-corrected chi connectivity index (χ2v) is 8.49. The van der Waals surface area contributed by atoms with Gasteiger partial charge in [-0.05, 0) is 11.8 Å². The van der Waals surface area contributed by atoms with Crippen LogP contribution in [0.25, 0.3) is 0 Å². The Bertz CT molecular complexity index is 494. The quantitative estimate of drug-likeness (QED) is 0.720. The molecule has 1 heterocycles. The van der Waals surface area contributed by atoms with Crippen LogP contribution in [0.3, 0.4) is 0 Å². The summed E-state index contributed by atoms with van der Waals surface area (Å²) in [4.78, 5) is 24.4. The first-order valence-electron chi connectivity index (χ1n) is 6.42. The number of hydrogen-bond acceptors (Lipinski definition) is 5. The van der Waals surface area contributed by atoms with E-state index in [1.807, 2.05) is 0 Å². The minimum absolute atomic E-state index is 0.0220. The molecule has 0 saturated carbocycles. The monoisotopic (exact) mass is 306 g/mol. The second kappa shape index (κ2) is 5.69. The Labute approximate surface area is 119 Å². The molecule has 2 atom stereocenters. The van der Waals surface area contributed by atoms with Gasteiger partial charge in [-0.1, -0.05) is 20.8 Å². The number of carboxylic acid groups (broad SMARTS) is 1. The topological polar surface area (TPSA) is 118 Å². The maximum absolute atomic E-state index is 12.4. The van der Waals surface area contributed by atoms with Gasteiger partial charge in [0, 0.05) is 6.04 Å². The molecule has 7 nitrogen and oxygen atoms in total. The first kappa shape index (κ1) is 16.9. The Morgan fingerprint density at radius 2 is 1.95 bits per heavy atom. The van der Waals surface area contributed by atoms with Gasteiger partial charge in [-0.3, -0.25) is 9.59 Å². The third kappa shape index (κ3) is 4.17. The van der Waals surface area contributed by atoms with Crippen LogP contribution >= 0.6 is 0 Å². The Morgan fingerprint density at radius 1 is 1.40 bits per heavy atom. The van der Waals surface area contributed by atoms with E-state index in [4.69, 9.17) is 10.8 Å². The lowest BCUT2D eigenvalue weighted by Crippen LogP contribution is -2.55. The summed E-state index contributed by atoms with van der Waals surface area (Å²) in [6.07, 6.45) is 0.262. The fraction of sp³-hybridized carbons (Fsp3) is 0.833. The molecule has 1 fully saturated rings. The smallest absolute Gasteiger partial charge is 0.323 e. The first-order valence-corrected chi connectivity index (χ1v) is 8.24. The molecule has 2 unspecified atom stereocenters. The molecular weight excluding hydrogens is 284 g/mol. The molecule has 1 amide bonds. The molecule has 8 heteroatoms. The zero-order valence-electron chi connectivity index (χ0n) is 12.0. The van der Waals surface area contributed by atoms with Crippen LogP contribution in [0.5, 0.6) is 0 Å². The summed E-state index contributed by atoms with van der Waals surface area (Å²) in [6.45, 7) is 4.81. The van der Waals surface area contributed by atoms with E-state index in [2.05, 4.69) is 0 Å². The molecule has 0 aromatic rings. The first-order chi connectivity index (χ1) is 8.94. The van der Waals surface area contributed by atoms with E-state index >= 15 is 0 Å². The summed E-state index contributed by atoms with van der Waals surface area (Å²) in [7, 11) is -3.20. The van der Waals surface area contributed by atoms with Gasteiger partial charge in [0.1, 0.15) is 6.54 Å². The number of nitrogens with two attached hydrogens (primary N) is 1. The summed E-state index contributed by atoms with van der Waals surface area (Å²) < 4.78 is 23.0. The Balaban J connectivity index is 2.96. The molecule has 1 rings (SSSR count). The highest BCUT2D eigenvalue weighted by Gasteiger charge is 2.39. The van der Waals surface area contributed by atoms with Crippen LogP contribution in [-0.2, 0) is 19.4 Å². The third-order valence-corrected chi connectivity index (χ3v) is 5.19. The lowest BCUT2D eigenvalue weighted by Gasteiger charge is -2.34. The molecule has 0 spiro atoms. The van der Waals surface area contributed by atoms with E-state index in [-0.39, 0.29) is 17.9 Å². The maximum Gasteiger partial charge on any atom is 0.323 e. The molecule has 0 aromatic heterocycles. The van der Waals surface area contributed by atoms with Crippen molar-refractivity contribution < 1.29 is 23.1 Å². The van der Waals surface area contributed by atoms with Crippen LogP contribution in [0, 0.1) is 5.41 Å². The van der Waals surface area contributed by atoms with Gasteiger partial charge < -0.3 is 15.7 Å². The molecule has 116 valence electrons. The van der Waals surface area contributed by atoms with Crippen LogP contribution in [0.15, 0.2) is 0 Å². The Hall–Kier alpha value is -1.15. The number of nitrogens with zero attached hydrogens (tertiary/aromatic N) is 1. The number of sulfone groups is 1. The molecule has 1 saturated heterocycles. The number of hydrogen-bond donors (Lipinski definition) is 2. The Kier molecular flexibility index (Phi) is 4.81. The van der Waals surface area contributed by atoms with E-state index in [9.17, 15) is 18.0 Å². The van der Waals surface area contributed by atoms with E-state index < -0.39 is 45.8 Å². The van der Waals surface area contributed by atoms with Crippen molar-refractivity contribution in [3.8, 4) is 0 Å². The van der Waals surface area contributed by atoms with Crippen molar-refractivity contribution in [2.75, 3.05) is 18.1 Å². The van der Waals surface area contributed by atoms with Crippen LogP contribution in [0.1, 0.15) is 27.2 Å². The van der Waals surface area contributed by atoms with E-state index in [0.29, 0.717) is 0 Å². The maximum atomic E-state index is 12.4. The predicted molar refractivity (Wildman–Crippen MR) is 73.8 cm³/mol. The molecular formula is C12H22N2O5S. The van der Waals surface area contributed by atoms with Crippen molar-refractivity contribution in [3.63, 3.8) is 0 Å². The average Bonchev–Trinajstić information content (AvgIpc) is 2.63. The zero-order valence-corrected chi connectivity index (χ0v) is 12.8. The molecule has 1 aliphatic rings. The fourth-order valence-electron chi connectivity index (χ4n) is 2.10. The number of rotatable bonds is 4. The van der Waals surface area contributed by atoms with Crippen molar-refractivity contribution in [1.82, 2.24) is 4.90 Å². The average molecular weight is 306 g/mol. The summed E-state index contributed by atoms with van der Waals surface area (Å²) in [5.74, 6) is -1.90. The number of aliphatic carboxylic acids is 1. The van der Waals surface area contributed by atoms with Gasteiger partial charge in [-0.15, -0.1) is 0 Å². The molecule has 3 N–H and O–H groups in total. The second-order valence-electron chi connectivity index (χ2n) is 6.26. The zero-order chi connectivity index (χ0) is 15.7. The summed E-state index contributed by atoms with van der Waals surface area (Å²) in [5.41, 5.74) is 5.35. The van der Waals surface area contributed by atoms with Crippen molar-refractivity contribution in [2.45, 2.75) is 39.3 Å². The van der Waals surface area contributed by atoms with Gasteiger partial charge in [0.15, 0.2) is 9.84 Å². The minimum Gasteiger partial charge on any atom is -0.480 e. The molecule has 0 bridgehead atoms. The highest BCUT2D eigenvalue weighted by molar-refractivity contribution is 7.91. The van der Waals surface area contributed by atoms with Gasteiger partial charge >= 0.3 is 5.97 Å². The normalized spacial score (nSPS) is 23.3. The molecule has 0 aromatic carbocycles. The fourth-order valence-corrected chi connectivity index (χ4v) is 3.83. The van der Waals surface area contributed by atoms with E-state index in [1.54, 1.807) is 20.8 Å². The summed E-state index contributed by atoms with van der Waals surface area (Å²) >= 11 is 0. The lowest BCUT2D eigenvalue weighted by molar-refractivity contribution is -0.147. The Morgan fingerprint density at radius 3 is 2.30 bits per heavy atom. The third-order valence-electron chi connectivity index (χ3n) is 3.44. The van der Waals surface area contributed by atoms with Crippen LogP contribution in [-0.4, -0.2) is 60.4 Å². The molecule has 1 aliphatic heterocycles. The van der Waals surface area contributed by atoms with E-state index in [0.717, 1.165) is 4.90 Å². The number of carboxylic acids is 1. The molecule has 0 aliphatic carbocycles. The summed E-state index contributed by atoms with van der Waals surface area (Å²) in [6, 6.07) is -1.47. The molecule has 0 radical (unpaired) electrons. The minimum atomic E-state index is -3.20. The number of amides is 1. The van der Waals surface area contributed by atoms with Crippen molar-refractivity contribution >= 4 is 21.7 Å². The van der Waals surface area contributed by atoms with Gasteiger partial charge in [0.2, 0.25) is 5.91 Å². The lowest BCUT2D eigenvalue weighted by atomic mass is 9.86. The van der Waals surface area contributed by atoms with Crippen molar-refractivity contribution in [2.24, 2.45) is 11.1 Å². The van der Waals surface area contributed by atoms with Gasteiger partial charge in [-0.2, -0.15) is 0 Å². The van der Waals surface area contributed by atoms with Gasteiger partial charge in [0.25, 0.3) is 0 Å². The number of carbonyl (C=O) groups excluding carboxylic acids is 1. The summed E-state index contributed by atoms with van der Waals surface area (Å²) in [5, 5.41) is 8.92. The molecule has 20 heavy (non-hydrogen) atoms. The van der Waals surface area contributed by atoms with Gasteiger partial charge in [0.05, 0.1) is 17.5 Å². The highest BCUT2D eigenvalue weighted by atomic mass is 32.2. The highest BCUT2D eigenvalue weighted by Crippen LogP contribution is 2.23. The van der Waals surface area contributed by atoms with Crippen LogP contribution < -0.4 is 5.73 Å². The predicted octanol–water partition coefficient (Wildman–Crippen LogP) is -0.540. The van der Waals surface area contributed by atoms with Gasteiger partial charge in [-0.25, -0.2) is 8.42 Å². The van der Waals surface area contributed by atoms with Crippen LogP contribution in [0.4, 0.5) is 0 Å². The van der Waals surface area contributed by atoms with Crippen molar-refractivity contribution in [3.05, 3.63) is 0 Å². The van der Waals surface area contributed by atoms with E-state index in [1.165, 1.54) is 0 Å².